The summed E-state index contributed by atoms with van der Waals surface area (Å²) in [7, 11) is 0. The number of aliphatic imine (C=N–C) groups is 1. The molecule has 3 amide bonds. The summed E-state index contributed by atoms with van der Waals surface area (Å²) in [6.45, 7) is 5.71. The molecule has 8 nitrogen and oxygen atoms in total. The minimum Gasteiger partial charge on any atom is -0.487 e. The van der Waals surface area contributed by atoms with E-state index in [1.165, 1.54) is 11.0 Å². The zero-order valence-electron chi connectivity index (χ0n) is 28.0. The molecule has 0 fully saturated rings. The van der Waals surface area contributed by atoms with Crippen molar-refractivity contribution < 1.29 is 19.1 Å². The second-order valence-corrected chi connectivity index (χ2v) is 14.5. The average Bonchev–Trinajstić information content (AvgIpc) is 3.16. The minimum absolute atomic E-state index is 0.0886. The highest BCUT2D eigenvalue weighted by Gasteiger charge is 2.35. The van der Waals surface area contributed by atoms with Crippen LogP contribution >= 0.6 is 56.9 Å². The standard InChI is InChI=1S/C41H32I2N4O4S/c1-3-5-20-32(4-2)47-40(50)33(21-27-22-34(42)38(35(43)23-27)51-25-31-19-13-12-18-30(31)24-44)39(49)46-41(47)52-26-36(48)45-37(28-14-8-6-9-15-28)29-16-10-7-11-17-29/h3-23,37H,1,25-26H2,2H3,(H,45,48)/b20-5-,32-4+,33-21+. The summed E-state index contributed by atoms with van der Waals surface area (Å²) in [4.78, 5) is 46.8. The lowest BCUT2D eigenvalue weighted by Gasteiger charge is -2.28. The fourth-order valence-electron chi connectivity index (χ4n) is 5.27. The van der Waals surface area contributed by atoms with Crippen LogP contribution in [0.2, 0.25) is 0 Å². The Bertz CT molecular complexity index is 2100. The van der Waals surface area contributed by atoms with Crippen molar-refractivity contribution in [3.05, 3.63) is 174 Å². The van der Waals surface area contributed by atoms with Crippen LogP contribution in [0.4, 0.5) is 0 Å². The quantitative estimate of drug-likeness (QED) is 0.0659. The van der Waals surface area contributed by atoms with E-state index >= 15 is 0 Å². The molecular formula is C41H32I2N4O4S. The predicted octanol–water partition coefficient (Wildman–Crippen LogP) is 8.74. The highest BCUT2D eigenvalue weighted by Crippen LogP contribution is 2.32. The topological polar surface area (TPSA) is 112 Å². The van der Waals surface area contributed by atoms with E-state index in [0.29, 0.717) is 22.6 Å². The van der Waals surface area contributed by atoms with Crippen LogP contribution < -0.4 is 10.1 Å². The predicted molar refractivity (Wildman–Crippen MR) is 223 cm³/mol. The zero-order valence-corrected chi connectivity index (χ0v) is 33.1. The first-order valence-electron chi connectivity index (χ1n) is 16.0. The van der Waals surface area contributed by atoms with E-state index < -0.39 is 17.9 Å². The van der Waals surface area contributed by atoms with Gasteiger partial charge in [0.2, 0.25) is 5.91 Å². The number of nitrogens with one attached hydrogen (secondary N) is 1. The summed E-state index contributed by atoms with van der Waals surface area (Å²) in [5.41, 5.74) is 4.09. The van der Waals surface area contributed by atoms with Gasteiger partial charge in [0.15, 0.2) is 5.17 Å². The first kappa shape index (κ1) is 38.5. The van der Waals surface area contributed by atoms with Crippen molar-refractivity contribution in [2.45, 2.75) is 19.6 Å². The van der Waals surface area contributed by atoms with Crippen molar-refractivity contribution in [3.8, 4) is 11.8 Å². The second kappa shape index (κ2) is 18.6. The minimum atomic E-state index is -0.711. The molecule has 260 valence electrons. The summed E-state index contributed by atoms with van der Waals surface area (Å²) < 4.78 is 7.63. The lowest BCUT2D eigenvalue weighted by molar-refractivity contribution is -0.126. The van der Waals surface area contributed by atoms with Gasteiger partial charge in [-0.3, -0.25) is 19.3 Å². The maximum Gasteiger partial charge on any atom is 0.285 e. The number of nitriles is 1. The third kappa shape index (κ3) is 9.55. The molecule has 1 heterocycles. The molecule has 0 spiro atoms. The van der Waals surface area contributed by atoms with E-state index in [1.807, 2.05) is 84.9 Å². The number of rotatable bonds is 12. The number of carbonyl (C=O) groups excluding carboxylic acids is 3. The number of ether oxygens (including phenoxy) is 1. The van der Waals surface area contributed by atoms with Gasteiger partial charge in [0.1, 0.15) is 17.9 Å². The molecule has 1 aliphatic rings. The molecule has 1 N–H and O–H groups in total. The molecule has 0 saturated heterocycles. The van der Waals surface area contributed by atoms with E-state index in [0.717, 1.165) is 35.6 Å². The van der Waals surface area contributed by atoms with Crippen LogP contribution in [0.1, 0.15) is 40.8 Å². The fourth-order valence-corrected chi connectivity index (χ4v) is 8.20. The molecule has 0 aliphatic carbocycles. The summed E-state index contributed by atoms with van der Waals surface area (Å²) in [5, 5.41) is 12.6. The molecule has 1 aliphatic heterocycles. The van der Waals surface area contributed by atoms with Gasteiger partial charge in [0.25, 0.3) is 11.8 Å². The van der Waals surface area contributed by atoms with Crippen molar-refractivity contribution in [3.63, 3.8) is 0 Å². The Labute approximate surface area is 334 Å². The highest BCUT2D eigenvalue weighted by atomic mass is 127. The molecule has 0 saturated carbocycles. The van der Waals surface area contributed by atoms with Crippen molar-refractivity contribution in [1.29, 1.82) is 5.26 Å². The molecule has 0 bridgehead atoms. The molecule has 4 aromatic carbocycles. The highest BCUT2D eigenvalue weighted by molar-refractivity contribution is 14.1. The monoisotopic (exact) mass is 930 g/mol. The number of benzene rings is 4. The number of carbonyl (C=O) groups is 3. The van der Waals surface area contributed by atoms with E-state index in [2.05, 4.69) is 68.1 Å². The maximum absolute atomic E-state index is 14.1. The van der Waals surface area contributed by atoms with Gasteiger partial charge in [-0.2, -0.15) is 10.3 Å². The van der Waals surface area contributed by atoms with E-state index in [1.54, 1.807) is 43.4 Å². The third-order valence-electron chi connectivity index (χ3n) is 7.75. The lowest BCUT2D eigenvalue weighted by Crippen LogP contribution is -2.42. The van der Waals surface area contributed by atoms with Gasteiger partial charge in [0.05, 0.1) is 30.6 Å². The number of hydrogen-bond donors (Lipinski definition) is 1. The van der Waals surface area contributed by atoms with Gasteiger partial charge in [-0.25, -0.2) is 0 Å². The molecule has 5 rings (SSSR count). The molecule has 11 heteroatoms. The maximum atomic E-state index is 14.1. The van der Waals surface area contributed by atoms with Gasteiger partial charge in [0, 0.05) is 11.3 Å². The molecule has 4 aromatic rings. The average molecular weight is 931 g/mol. The Hall–Kier alpha value is -4.78. The number of amides is 3. The second-order valence-electron chi connectivity index (χ2n) is 11.2. The molecule has 0 radical (unpaired) electrons. The Kier molecular flexibility index (Phi) is 13.8. The van der Waals surface area contributed by atoms with Crippen molar-refractivity contribution >= 4 is 85.9 Å². The van der Waals surface area contributed by atoms with Gasteiger partial charge in [-0.05, 0) is 99.1 Å². The van der Waals surface area contributed by atoms with Crippen molar-refractivity contribution in [2.24, 2.45) is 4.99 Å². The van der Waals surface area contributed by atoms with Gasteiger partial charge >= 0.3 is 0 Å². The summed E-state index contributed by atoms with van der Waals surface area (Å²) in [6, 6.07) is 32.0. The van der Waals surface area contributed by atoms with Crippen LogP contribution in [0.25, 0.3) is 6.08 Å². The number of amidine groups is 1. The molecular weight excluding hydrogens is 898 g/mol. The van der Waals surface area contributed by atoms with Crippen LogP contribution in [-0.2, 0) is 21.0 Å². The van der Waals surface area contributed by atoms with Crippen LogP contribution in [0.5, 0.6) is 5.75 Å². The van der Waals surface area contributed by atoms with Gasteiger partial charge < -0.3 is 10.1 Å². The summed E-state index contributed by atoms with van der Waals surface area (Å²) in [5.74, 6) is -1.05. The third-order valence-corrected chi connectivity index (χ3v) is 10.3. The van der Waals surface area contributed by atoms with Crippen molar-refractivity contribution in [2.75, 3.05) is 5.75 Å². The van der Waals surface area contributed by atoms with Crippen LogP contribution in [0.15, 0.2) is 144 Å². The molecule has 52 heavy (non-hydrogen) atoms. The molecule has 0 aromatic heterocycles. The van der Waals surface area contributed by atoms with Crippen molar-refractivity contribution in [1.82, 2.24) is 10.2 Å². The zero-order chi connectivity index (χ0) is 37.0. The first-order chi connectivity index (χ1) is 25.2. The van der Waals surface area contributed by atoms with E-state index in [9.17, 15) is 19.6 Å². The van der Waals surface area contributed by atoms with E-state index in [-0.39, 0.29) is 29.0 Å². The van der Waals surface area contributed by atoms with Crippen LogP contribution in [0.3, 0.4) is 0 Å². The number of thioether (sulfide) groups is 1. The Morgan fingerprint density at radius 1 is 1.00 bits per heavy atom. The van der Waals surface area contributed by atoms with Crippen LogP contribution in [0, 0.1) is 18.5 Å². The van der Waals surface area contributed by atoms with Crippen LogP contribution in [-0.4, -0.2) is 33.5 Å². The largest absolute Gasteiger partial charge is 0.487 e. The molecule has 0 atom stereocenters. The van der Waals surface area contributed by atoms with Gasteiger partial charge in [-0.1, -0.05) is 115 Å². The van der Waals surface area contributed by atoms with Gasteiger partial charge in [-0.15, -0.1) is 0 Å². The SMILES string of the molecule is C=C/C=C\C(=C/C)N1C(=O)/C(=C/c2cc(I)c(OCc3ccccc3C#N)c(I)c2)C(=O)N=C1SCC(=O)NC(c1ccccc1)c1ccccc1. The first-order valence-corrected chi connectivity index (χ1v) is 19.1. The number of nitrogens with zero attached hydrogens (tertiary/aromatic N) is 3. The van der Waals surface area contributed by atoms with E-state index in [4.69, 9.17) is 4.74 Å². The Balaban J connectivity index is 1.40. The summed E-state index contributed by atoms with van der Waals surface area (Å²) >= 11 is 5.30. The normalized spacial score (nSPS) is 14.1. The fraction of sp³-hybridized carbons (Fsp3) is 0.0976. The Morgan fingerprint density at radius 2 is 1.62 bits per heavy atom. The smallest absolute Gasteiger partial charge is 0.285 e. The number of allylic oxidation sites excluding steroid dienone is 4. The Morgan fingerprint density at radius 3 is 2.21 bits per heavy atom. The summed E-state index contributed by atoms with van der Waals surface area (Å²) in [6.07, 6.45) is 8.20. The number of halogens is 2. The number of hydrogen-bond acceptors (Lipinski definition) is 6. The molecule has 0 unspecified atom stereocenters. The lowest BCUT2D eigenvalue weighted by atomic mass is 9.99.